The maximum atomic E-state index is 11.3. The molecule has 6 nitrogen and oxygen atoms in total. The van der Waals surface area contributed by atoms with Crippen molar-refractivity contribution in [3.63, 3.8) is 0 Å². The molecular weight excluding hydrogens is 372 g/mol. The molecule has 0 saturated heterocycles. The van der Waals surface area contributed by atoms with Crippen LogP contribution < -0.4 is 5.73 Å². The minimum atomic E-state index is -0.942. The second-order valence-corrected chi connectivity index (χ2v) is 8.04. The third kappa shape index (κ3) is 6.35. The van der Waals surface area contributed by atoms with E-state index in [0.717, 1.165) is 34.0 Å². The molecule has 1 atom stereocenters. The number of aliphatic hydroxyl groups excluding tert-OH is 1. The highest BCUT2D eigenvalue weighted by molar-refractivity contribution is 8.08. The Morgan fingerprint density at radius 3 is 2.73 bits per heavy atom. The molecule has 0 aromatic heterocycles. The van der Waals surface area contributed by atoms with Gasteiger partial charge < -0.3 is 20.8 Å². The first-order valence-corrected chi connectivity index (χ1v) is 10.2. The lowest BCUT2D eigenvalue weighted by atomic mass is 10.1. The van der Waals surface area contributed by atoms with Gasteiger partial charge in [-0.2, -0.15) is 0 Å². The van der Waals surface area contributed by atoms with Crippen LogP contribution in [-0.2, 0) is 9.63 Å². The molecule has 142 valence electrons. The topological polar surface area (TPSA) is 105 Å². The number of aliphatic hydroxyl groups is 1. The summed E-state index contributed by atoms with van der Waals surface area (Å²) in [5.41, 5.74) is 6.00. The number of fused-ring (bicyclic) bond motifs is 1. The average molecular weight is 397 g/mol. The van der Waals surface area contributed by atoms with Crippen LogP contribution in [0, 0.1) is 0 Å². The van der Waals surface area contributed by atoms with E-state index in [0.29, 0.717) is 18.7 Å². The molecule has 0 radical (unpaired) electrons. The highest BCUT2D eigenvalue weighted by Gasteiger charge is 2.27. The van der Waals surface area contributed by atoms with Crippen molar-refractivity contribution in [1.82, 2.24) is 0 Å². The van der Waals surface area contributed by atoms with Crippen molar-refractivity contribution in [2.45, 2.75) is 40.7 Å². The van der Waals surface area contributed by atoms with Crippen molar-refractivity contribution >= 4 is 35.7 Å². The number of thioether (sulfide) groups is 2. The van der Waals surface area contributed by atoms with Crippen molar-refractivity contribution in [2.24, 2.45) is 10.9 Å². The van der Waals surface area contributed by atoms with Crippen LogP contribution in [0.3, 0.4) is 0 Å². The predicted molar refractivity (Wildman–Crippen MR) is 106 cm³/mol. The van der Waals surface area contributed by atoms with Gasteiger partial charge in [-0.25, -0.2) is 0 Å². The molecule has 1 unspecified atom stereocenters. The van der Waals surface area contributed by atoms with Gasteiger partial charge in [-0.3, -0.25) is 4.79 Å². The minimum Gasteiger partial charge on any atom is -0.481 e. The molecule has 0 amide bonds. The molecule has 8 heteroatoms. The van der Waals surface area contributed by atoms with Crippen LogP contribution in [0.15, 0.2) is 49.7 Å². The molecule has 1 heterocycles. The average Bonchev–Trinajstić information content (AvgIpc) is 2.65. The number of unbranched alkanes of at least 4 members (excludes halogenated alkanes) is 2. The van der Waals surface area contributed by atoms with Crippen LogP contribution in [0.1, 0.15) is 25.7 Å². The van der Waals surface area contributed by atoms with Crippen LogP contribution in [0.2, 0.25) is 0 Å². The van der Waals surface area contributed by atoms with Gasteiger partial charge in [0, 0.05) is 14.7 Å². The standard InChI is InChI=1S/C18H24N2O4S2/c19-8-4-1-5-9-24-20-11-13(10-17(22)23)18-16(12-21)25-14-6-2-3-7-15(14)26-18/h2-3,6-7,11,16,21H,1,4-5,8-10,12,19H2,(H,22,23)/b18-13-,20-11+. The first-order valence-electron chi connectivity index (χ1n) is 8.50. The first kappa shape index (κ1) is 20.8. The lowest BCUT2D eigenvalue weighted by Crippen LogP contribution is -2.17. The molecule has 1 aromatic rings. The molecule has 4 N–H and O–H groups in total. The SMILES string of the molecule is NCCCCCO/N=C/C(CC(=O)O)=C1\Sc2ccccc2SC1CO. The number of oxime groups is 1. The van der Waals surface area contributed by atoms with Gasteiger partial charge in [0.1, 0.15) is 6.61 Å². The Hall–Kier alpha value is -1.48. The Morgan fingerprint density at radius 2 is 2.04 bits per heavy atom. The summed E-state index contributed by atoms with van der Waals surface area (Å²) in [6.07, 6.45) is 4.09. The number of benzene rings is 1. The molecule has 0 bridgehead atoms. The number of nitrogens with two attached hydrogens (primary N) is 1. The second kappa shape index (κ2) is 11.3. The van der Waals surface area contributed by atoms with Crippen LogP contribution in [0.5, 0.6) is 0 Å². The minimum absolute atomic E-state index is 0.0712. The van der Waals surface area contributed by atoms with E-state index >= 15 is 0 Å². The fourth-order valence-electron chi connectivity index (χ4n) is 2.42. The third-order valence-electron chi connectivity index (χ3n) is 3.68. The molecule has 1 aliphatic heterocycles. The Labute approximate surface area is 161 Å². The van der Waals surface area contributed by atoms with E-state index in [-0.39, 0.29) is 18.3 Å². The van der Waals surface area contributed by atoms with E-state index in [1.807, 2.05) is 24.3 Å². The van der Waals surface area contributed by atoms with Crippen molar-refractivity contribution in [3.05, 3.63) is 34.7 Å². The van der Waals surface area contributed by atoms with Crippen LogP contribution in [-0.4, -0.2) is 47.4 Å². The number of carboxylic acid groups (broad SMARTS) is 1. The first-order chi connectivity index (χ1) is 12.7. The molecule has 2 rings (SSSR count). The Bertz CT molecular complexity index is 664. The van der Waals surface area contributed by atoms with E-state index in [4.69, 9.17) is 10.6 Å². The Kier molecular flexibility index (Phi) is 9.04. The summed E-state index contributed by atoms with van der Waals surface area (Å²) >= 11 is 3.03. The maximum Gasteiger partial charge on any atom is 0.307 e. The van der Waals surface area contributed by atoms with Gasteiger partial charge in [0.05, 0.1) is 24.5 Å². The van der Waals surface area contributed by atoms with Crippen molar-refractivity contribution in [2.75, 3.05) is 19.8 Å². The highest BCUT2D eigenvalue weighted by Crippen LogP contribution is 2.48. The van der Waals surface area contributed by atoms with Crippen LogP contribution in [0.25, 0.3) is 0 Å². The summed E-state index contributed by atoms with van der Waals surface area (Å²) < 4.78 is 0. The Morgan fingerprint density at radius 1 is 1.27 bits per heavy atom. The summed E-state index contributed by atoms with van der Waals surface area (Å²) in [6.45, 7) is 1.07. The van der Waals surface area contributed by atoms with Crippen LogP contribution in [0.4, 0.5) is 0 Å². The molecule has 0 spiro atoms. The second-order valence-electron chi connectivity index (χ2n) is 5.71. The number of hydrogen-bond donors (Lipinski definition) is 3. The smallest absolute Gasteiger partial charge is 0.307 e. The van der Waals surface area contributed by atoms with E-state index in [1.165, 1.54) is 29.7 Å². The zero-order valence-corrected chi connectivity index (χ0v) is 16.1. The van der Waals surface area contributed by atoms with Gasteiger partial charge in [-0.15, -0.1) is 11.8 Å². The summed E-state index contributed by atoms with van der Waals surface area (Å²) in [4.78, 5) is 19.5. The summed E-state index contributed by atoms with van der Waals surface area (Å²) in [5.74, 6) is -0.942. The van der Waals surface area contributed by atoms with Crippen molar-refractivity contribution in [3.8, 4) is 0 Å². The normalized spacial score (nSPS) is 18.6. The summed E-state index contributed by atoms with van der Waals surface area (Å²) in [6, 6.07) is 7.89. The van der Waals surface area contributed by atoms with Gasteiger partial charge in [0.2, 0.25) is 0 Å². The molecule has 26 heavy (non-hydrogen) atoms. The van der Waals surface area contributed by atoms with E-state index in [1.54, 1.807) is 0 Å². The zero-order valence-electron chi connectivity index (χ0n) is 14.5. The number of carboxylic acids is 1. The van der Waals surface area contributed by atoms with Gasteiger partial charge in [-0.05, 0) is 43.5 Å². The van der Waals surface area contributed by atoms with Gasteiger partial charge in [0.25, 0.3) is 0 Å². The molecular formula is C18H24N2O4S2. The maximum absolute atomic E-state index is 11.3. The summed E-state index contributed by atoms with van der Waals surface area (Å²) in [7, 11) is 0. The lowest BCUT2D eigenvalue weighted by Gasteiger charge is -2.26. The number of hydrogen-bond acceptors (Lipinski definition) is 7. The van der Waals surface area contributed by atoms with E-state index in [9.17, 15) is 15.0 Å². The fourth-order valence-corrected chi connectivity index (χ4v) is 4.97. The molecule has 0 saturated carbocycles. The monoisotopic (exact) mass is 396 g/mol. The van der Waals surface area contributed by atoms with Crippen molar-refractivity contribution in [1.29, 1.82) is 0 Å². The van der Waals surface area contributed by atoms with Crippen molar-refractivity contribution < 1.29 is 19.8 Å². The quantitative estimate of drug-likeness (QED) is 0.317. The largest absolute Gasteiger partial charge is 0.481 e. The Balaban J connectivity index is 2.13. The fraction of sp³-hybridized carbons (Fsp3) is 0.444. The predicted octanol–water partition coefficient (Wildman–Crippen LogP) is 3.11. The zero-order chi connectivity index (χ0) is 18.8. The lowest BCUT2D eigenvalue weighted by molar-refractivity contribution is -0.136. The molecule has 0 aliphatic carbocycles. The third-order valence-corrected chi connectivity index (χ3v) is 6.58. The number of nitrogens with zero attached hydrogens (tertiary/aromatic N) is 1. The van der Waals surface area contributed by atoms with Crippen LogP contribution >= 0.6 is 23.5 Å². The summed E-state index contributed by atoms with van der Waals surface area (Å²) in [5, 5.41) is 22.7. The molecule has 1 aromatic carbocycles. The van der Waals surface area contributed by atoms with Gasteiger partial charge >= 0.3 is 5.97 Å². The van der Waals surface area contributed by atoms with E-state index < -0.39 is 5.97 Å². The van der Waals surface area contributed by atoms with Gasteiger partial charge in [0.15, 0.2) is 0 Å². The number of aliphatic carboxylic acids is 1. The molecule has 0 fully saturated rings. The van der Waals surface area contributed by atoms with E-state index in [2.05, 4.69) is 5.16 Å². The highest BCUT2D eigenvalue weighted by atomic mass is 32.2. The number of rotatable bonds is 10. The van der Waals surface area contributed by atoms with Gasteiger partial charge in [-0.1, -0.05) is 29.1 Å². The molecule has 1 aliphatic rings. The number of carbonyl (C=O) groups is 1.